The molecular formula is C17H10N4O2S. The summed E-state index contributed by atoms with van der Waals surface area (Å²) in [5.74, 6) is 0.606. The van der Waals surface area contributed by atoms with Crippen LogP contribution in [0.4, 0.5) is 0 Å². The lowest BCUT2D eigenvalue weighted by Gasteiger charge is -1.97. The number of aromatic amines is 2. The summed E-state index contributed by atoms with van der Waals surface area (Å²) < 4.78 is 5.24. The minimum Gasteiger partial charge on any atom is -0.465 e. The summed E-state index contributed by atoms with van der Waals surface area (Å²) in [5.41, 5.74) is 3.29. The molecular weight excluding hydrogens is 324 g/mol. The van der Waals surface area contributed by atoms with E-state index in [9.17, 15) is 10.1 Å². The van der Waals surface area contributed by atoms with Crippen LogP contribution in [0, 0.1) is 11.3 Å². The number of rotatable bonds is 3. The Kier molecular flexibility index (Phi) is 3.37. The minimum absolute atomic E-state index is 0.241. The molecule has 4 aromatic rings. The van der Waals surface area contributed by atoms with Crippen molar-refractivity contribution in [2.75, 3.05) is 0 Å². The van der Waals surface area contributed by atoms with Gasteiger partial charge in [0.2, 0.25) is 0 Å². The van der Waals surface area contributed by atoms with E-state index < -0.39 is 0 Å². The Balaban J connectivity index is 1.73. The largest absolute Gasteiger partial charge is 0.465 e. The van der Waals surface area contributed by atoms with Crippen LogP contribution in [0.15, 0.2) is 51.2 Å². The van der Waals surface area contributed by atoms with E-state index in [1.54, 1.807) is 24.5 Å². The molecule has 0 bridgehead atoms. The van der Waals surface area contributed by atoms with Gasteiger partial charge in [0, 0.05) is 17.0 Å². The van der Waals surface area contributed by atoms with Crippen LogP contribution in [0.1, 0.15) is 10.8 Å². The molecule has 7 heteroatoms. The molecule has 4 rings (SSSR count). The number of benzene rings is 1. The molecule has 0 fully saturated rings. The second kappa shape index (κ2) is 5.68. The topological polar surface area (TPSA) is 98.5 Å². The third-order valence-corrected chi connectivity index (χ3v) is 4.37. The number of aromatic nitrogens is 3. The van der Waals surface area contributed by atoms with Gasteiger partial charge in [-0.15, -0.1) is 11.3 Å². The van der Waals surface area contributed by atoms with E-state index >= 15 is 0 Å². The molecule has 24 heavy (non-hydrogen) atoms. The first-order chi connectivity index (χ1) is 11.7. The van der Waals surface area contributed by atoms with Gasteiger partial charge in [0.15, 0.2) is 0 Å². The van der Waals surface area contributed by atoms with Crippen LogP contribution >= 0.6 is 11.3 Å². The van der Waals surface area contributed by atoms with E-state index in [0.29, 0.717) is 16.3 Å². The number of imidazole rings is 1. The van der Waals surface area contributed by atoms with Crippen molar-refractivity contribution in [3.05, 3.63) is 63.2 Å². The van der Waals surface area contributed by atoms with Crippen LogP contribution in [0.2, 0.25) is 0 Å². The zero-order valence-electron chi connectivity index (χ0n) is 12.2. The van der Waals surface area contributed by atoms with Gasteiger partial charge in [-0.1, -0.05) is 6.07 Å². The molecule has 0 aliphatic carbocycles. The van der Waals surface area contributed by atoms with Gasteiger partial charge in [0.05, 0.1) is 28.6 Å². The monoisotopic (exact) mass is 334 g/mol. The van der Waals surface area contributed by atoms with Crippen LogP contribution < -0.4 is 5.69 Å². The van der Waals surface area contributed by atoms with Gasteiger partial charge in [-0.05, 0) is 24.3 Å². The summed E-state index contributed by atoms with van der Waals surface area (Å²) in [6.07, 6.45) is 3.22. The van der Waals surface area contributed by atoms with E-state index in [-0.39, 0.29) is 5.69 Å². The maximum atomic E-state index is 11.3. The first-order valence-corrected chi connectivity index (χ1v) is 7.94. The Bertz CT molecular complexity index is 1140. The quantitative estimate of drug-likeness (QED) is 0.559. The normalized spacial score (nSPS) is 11.7. The van der Waals surface area contributed by atoms with Crippen LogP contribution in [0.3, 0.4) is 0 Å². The van der Waals surface area contributed by atoms with E-state index in [4.69, 9.17) is 4.42 Å². The standard InChI is InChI=1S/C17H10N4O2S/c18-8-11(6-12-2-1-5-23-12)16-19-15(9-24-16)10-3-4-13-14(7-10)21-17(22)20-13/h1-7,9H,(H2,20,21,22)/b11-6+. The summed E-state index contributed by atoms with van der Waals surface area (Å²) in [5, 5.41) is 11.9. The first kappa shape index (κ1) is 14.2. The van der Waals surface area contributed by atoms with Crippen molar-refractivity contribution in [2.45, 2.75) is 0 Å². The van der Waals surface area contributed by atoms with Crippen molar-refractivity contribution in [3.63, 3.8) is 0 Å². The summed E-state index contributed by atoms with van der Waals surface area (Å²) in [6, 6.07) is 11.3. The molecule has 0 saturated carbocycles. The van der Waals surface area contributed by atoms with Crippen molar-refractivity contribution in [1.82, 2.24) is 15.0 Å². The Morgan fingerprint density at radius 2 is 2.17 bits per heavy atom. The molecule has 0 saturated heterocycles. The molecule has 0 unspecified atom stereocenters. The van der Waals surface area contributed by atoms with Crippen molar-refractivity contribution >= 4 is 34.0 Å². The first-order valence-electron chi connectivity index (χ1n) is 7.06. The summed E-state index contributed by atoms with van der Waals surface area (Å²) >= 11 is 1.39. The average Bonchev–Trinajstić information content (AvgIpc) is 3.31. The molecule has 116 valence electrons. The van der Waals surface area contributed by atoms with E-state index in [1.807, 2.05) is 23.6 Å². The smallest absolute Gasteiger partial charge is 0.323 e. The highest BCUT2D eigenvalue weighted by Gasteiger charge is 2.10. The molecule has 0 atom stereocenters. The van der Waals surface area contributed by atoms with Crippen LogP contribution in [0.25, 0.3) is 33.9 Å². The molecule has 3 heterocycles. The Morgan fingerprint density at radius 3 is 2.96 bits per heavy atom. The number of nitriles is 1. The number of nitrogens with zero attached hydrogens (tertiary/aromatic N) is 2. The zero-order valence-corrected chi connectivity index (χ0v) is 13.1. The van der Waals surface area contributed by atoms with Gasteiger partial charge in [0.25, 0.3) is 0 Å². The zero-order chi connectivity index (χ0) is 16.5. The van der Waals surface area contributed by atoms with Crippen molar-refractivity contribution in [3.8, 4) is 17.3 Å². The van der Waals surface area contributed by atoms with Crippen molar-refractivity contribution in [2.24, 2.45) is 0 Å². The Morgan fingerprint density at radius 1 is 1.29 bits per heavy atom. The van der Waals surface area contributed by atoms with Gasteiger partial charge in [0.1, 0.15) is 16.8 Å². The average molecular weight is 334 g/mol. The van der Waals surface area contributed by atoms with E-state index in [2.05, 4.69) is 21.0 Å². The third-order valence-electron chi connectivity index (χ3n) is 3.50. The van der Waals surface area contributed by atoms with Gasteiger partial charge in [-0.25, -0.2) is 9.78 Å². The molecule has 0 aliphatic rings. The predicted molar refractivity (Wildman–Crippen MR) is 92.2 cm³/mol. The lowest BCUT2D eigenvalue weighted by atomic mass is 10.1. The second-order valence-electron chi connectivity index (χ2n) is 5.06. The molecule has 3 aromatic heterocycles. The summed E-state index contributed by atoms with van der Waals surface area (Å²) in [4.78, 5) is 21.3. The SMILES string of the molecule is N#C/C(=C\c1ccco1)c1nc(-c2ccc3[nH]c(=O)[nH]c3c2)cs1. The number of hydrogen-bond acceptors (Lipinski definition) is 5. The van der Waals surface area contributed by atoms with Crippen molar-refractivity contribution < 1.29 is 4.42 Å². The lowest BCUT2D eigenvalue weighted by molar-refractivity contribution is 0.557. The van der Waals surface area contributed by atoms with Crippen LogP contribution in [-0.4, -0.2) is 15.0 Å². The Hall–Kier alpha value is -3.37. The minimum atomic E-state index is -0.241. The fourth-order valence-corrected chi connectivity index (χ4v) is 3.17. The molecule has 0 aliphatic heterocycles. The predicted octanol–water partition coefficient (Wildman–Crippen LogP) is 3.64. The number of fused-ring (bicyclic) bond motifs is 1. The van der Waals surface area contributed by atoms with Gasteiger partial charge >= 0.3 is 5.69 Å². The molecule has 0 amide bonds. The highest BCUT2D eigenvalue weighted by atomic mass is 32.1. The number of allylic oxidation sites excluding steroid dienone is 1. The lowest BCUT2D eigenvalue weighted by Crippen LogP contribution is -1.99. The summed E-state index contributed by atoms with van der Waals surface area (Å²) in [7, 11) is 0. The van der Waals surface area contributed by atoms with Gasteiger partial charge in [-0.2, -0.15) is 5.26 Å². The number of H-pyrrole nitrogens is 2. The molecule has 1 aromatic carbocycles. The molecule has 2 N–H and O–H groups in total. The number of hydrogen-bond donors (Lipinski definition) is 2. The maximum absolute atomic E-state index is 11.3. The fourth-order valence-electron chi connectivity index (χ4n) is 2.38. The maximum Gasteiger partial charge on any atom is 0.323 e. The number of thiazole rings is 1. The second-order valence-corrected chi connectivity index (χ2v) is 5.92. The van der Waals surface area contributed by atoms with Crippen molar-refractivity contribution in [1.29, 1.82) is 5.26 Å². The number of furan rings is 1. The third kappa shape index (κ3) is 2.55. The van der Waals surface area contributed by atoms with Gasteiger partial charge < -0.3 is 14.4 Å². The van der Waals surface area contributed by atoms with E-state index in [0.717, 1.165) is 22.3 Å². The van der Waals surface area contributed by atoms with Crippen LogP contribution in [0.5, 0.6) is 0 Å². The fraction of sp³-hybridized carbons (Fsp3) is 0. The summed E-state index contributed by atoms with van der Waals surface area (Å²) in [6.45, 7) is 0. The van der Waals surface area contributed by atoms with Crippen LogP contribution in [-0.2, 0) is 0 Å². The molecule has 0 radical (unpaired) electrons. The van der Waals surface area contributed by atoms with E-state index in [1.165, 1.54) is 11.3 Å². The molecule has 6 nitrogen and oxygen atoms in total. The highest BCUT2D eigenvalue weighted by molar-refractivity contribution is 7.11. The molecule has 0 spiro atoms. The highest BCUT2D eigenvalue weighted by Crippen LogP contribution is 2.28. The number of nitrogens with one attached hydrogen (secondary N) is 2. The van der Waals surface area contributed by atoms with Gasteiger partial charge in [-0.3, -0.25) is 0 Å². The Labute approximate surface area is 139 Å².